The maximum Gasteiger partial charge on any atom is 0.252 e. The van der Waals surface area contributed by atoms with Gasteiger partial charge < -0.3 is 13.9 Å². The van der Waals surface area contributed by atoms with Crippen LogP contribution in [-0.4, -0.2) is 17.3 Å². The van der Waals surface area contributed by atoms with Crippen molar-refractivity contribution in [3.8, 4) is 17.6 Å². The Bertz CT molecular complexity index is 1260. The molecule has 0 fully saturated rings. The second kappa shape index (κ2) is 10.1. The SMILES string of the molecule is C=C(Cl)/C(=C(/C)OC)c1nnc(Cc2ccc(Cl)c(Oc3cc(Cl)cc(C#N)c3)c2C)o1. The maximum atomic E-state index is 9.16. The Labute approximate surface area is 200 Å². The summed E-state index contributed by atoms with van der Waals surface area (Å²) in [4.78, 5) is 0. The van der Waals surface area contributed by atoms with Gasteiger partial charge in [0.2, 0.25) is 5.89 Å². The number of rotatable bonds is 7. The lowest BCUT2D eigenvalue weighted by atomic mass is 10.0. The lowest BCUT2D eigenvalue weighted by molar-refractivity contribution is 0.295. The van der Waals surface area contributed by atoms with Crippen molar-refractivity contribution < 1.29 is 13.9 Å². The number of nitriles is 1. The fraction of sp³-hybridized carbons (Fsp3) is 0.174. The van der Waals surface area contributed by atoms with Crippen LogP contribution in [-0.2, 0) is 11.2 Å². The molecule has 2 aromatic carbocycles. The van der Waals surface area contributed by atoms with Gasteiger partial charge in [0.1, 0.15) is 17.3 Å². The number of hydrogen-bond acceptors (Lipinski definition) is 6. The first-order chi connectivity index (χ1) is 15.2. The zero-order valence-electron chi connectivity index (χ0n) is 17.5. The molecule has 0 aliphatic rings. The molecular weight excluding hydrogens is 473 g/mol. The van der Waals surface area contributed by atoms with Crippen molar-refractivity contribution in [2.45, 2.75) is 20.3 Å². The van der Waals surface area contributed by atoms with Crippen LogP contribution in [0.4, 0.5) is 0 Å². The maximum absolute atomic E-state index is 9.16. The van der Waals surface area contributed by atoms with Crippen molar-refractivity contribution in [3.63, 3.8) is 0 Å². The van der Waals surface area contributed by atoms with Gasteiger partial charge in [-0.3, -0.25) is 0 Å². The molecule has 0 aliphatic heterocycles. The van der Waals surface area contributed by atoms with Crippen LogP contribution < -0.4 is 4.74 Å². The lowest BCUT2D eigenvalue weighted by Crippen LogP contribution is -1.97. The Balaban J connectivity index is 1.92. The van der Waals surface area contributed by atoms with Gasteiger partial charge in [-0.25, -0.2) is 0 Å². The third kappa shape index (κ3) is 5.25. The van der Waals surface area contributed by atoms with E-state index in [1.165, 1.54) is 7.11 Å². The number of nitrogens with zero attached hydrogens (tertiary/aromatic N) is 3. The standard InChI is InChI=1S/C23H18Cl3N3O3/c1-12-16(9-20-28-29-23(32-20)21(13(2)24)14(3)30-4)5-6-19(26)22(12)31-18-8-15(11-27)7-17(25)10-18/h5-8,10H,2,9H2,1,3-4H3/b21-14+. The number of ether oxygens (including phenoxy) is 2. The second-order valence-electron chi connectivity index (χ2n) is 6.77. The molecular formula is C23H18Cl3N3O3. The summed E-state index contributed by atoms with van der Waals surface area (Å²) in [5.74, 6) is 1.94. The molecule has 3 aromatic rings. The summed E-state index contributed by atoms with van der Waals surface area (Å²) in [6, 6.07) is 10.4. The van der Waals surface area contributed by atoms with Crippen molar-refractivity contribution in [2.24, 2.45) is 0 Å². The van der Waals surface area contributed by atoms with E-state index >= 15 is 0 Å². The molecule has 0 spiro atoms. The molecule has 0 saturated heterocycles. The molecule has 1 heterocycles. The fourth-order valence-electron chi connectivity index (χ4n) is 2.97. The molecule has 0 atom stereocenters. The highest BCUT2D eigenvalue weighted by Gasteiger charge is 2.19. The number of methoxy groups -OCH3 is 1. The molecule has 3 rings (SSSR count). The van der Waals surface area contributed by atoms with Gasteiger partial charge in [-0.15, -0.1) is 10.2 Å². The monoisotopic (exact) mass is 489 g/mol. The molecule has 0 bridgehead atoms. The third-order valence-electron chi connectivity index (χ3n) is 4.64. The summed E-state index contributed by atoms with van der Waals surface area (Å²) in [5.41, 5.74) is 2.47. The van der Waals surface area contributed by atoms with E-state index in [4.69, 9.17) is 54.0 Å². The van der Waals surface area contributed by atoms with Gasteiger partial charge in [0.25, 0.3) is 5.89 Å². The summed E-state index contributed by atoms with van der Waals surface area (Å²) in [6.45, 7) is 7.32. The highest BCUT2D eigenvalue weighted by molar-refractivity contribution is 6.36. The van der Waals surface area contributed by atoms with Gasteiger partial charge in [0.05, 0.1) is 35.8 Å². The Morgan fingerprint density at radius 2 is 1.97 bits per heavy atom. The number of benzene rings is 2. The average Bonchev–Trinajstić information content (AvgIpc) is 3.20. The van der Waals surface area contributed by atoms with E-state index in [0.29, 0.717) is 50.8 Å². The van der Waals surface area contributed by atoms with Gasteiger partial charge in [-0.1, -0.05) is 47.4 Å². The Morgan fingerprint density at radius 1 is 1.22 bits per heavy atom. The van der Waals surface area contributed by atoms with Crippen molar-refractivity contribution in [1.82, 2.24) is 10.2 Å². The molecule has 1 aromatic heterocycles. The molecule has 164 valence electrons. The zero-order valence-corrected chi connectivity index (χ0v) is 19.8. The van der Waals surface area contributed by atoms with Crippen LogP contribution >= 0.6 is 34.8 Å². The molecule has 6 nitrogen and oxygen atoms in total. The quantitative estimate of drug-likeness (QED) is 0.260. The van der Waals surface area contributed by atoms with E-state index in [1.807, 2.05) is 19.1 Å². The highest BCUT2D eigenvalue weighted by atomic mass is 35.5. The van der Waals surface area contributed by atoms with Gasteiger partial charge >= 0.3 is 0 Å². The van der Waals surface area contributed by atoms with Gasteiger partial charge in [0, 0.05) is 10.1 Å². The van der Waals surface area contributed by atoms with Crippen LogP contribution in [0.15, 0.2) is 52.1 Å². The van der Waals surface area contributed by atoms with Crippen LogP contribution in [0.1, 0.15) is 35.4 Å². The van der Waals surface area contributed by atoms with E-state index < -0.39 is 0 Å². The minimum Gasteiger partial charge on any atom is -0.501 e. The second-order valence-corrected chi connectivity index (χ2v) is 8.07. The van der Waals surface area contributed by atoms with Gasteiger partial charge in [-0.2, -0.15) is 5.26 Å². The molecule has 0 unspecified atom stereocenters. The molecule has 0 aliphatic carbocycles. The first-order valence-electron chi connectivity index (χ1n) is 9.32. The highest BCUT2D eigenvalue weighted by Crippen LogP contribution is 2.36. The summed E-state index contributed by atoms with van der Waals surface area (Å²) >= 11 is 18.5. The Hall–Kier alpha value is -2.98. The van der Waals surface area contributed by atoms with Crippen LogP contribution in [0.5, 0.6) is 11.5 Å². The van der Waals surface area contributed by atoms with E-state index in [9.17, 15) is 0 Å². The molecule has 0 amide bonds. The summed E-state index contributed by atoms with van der Waals surface area (Å²) in [5, 5.41) is 18.4. The third-order valence-corrected chi connectivity index (χ3v) is 5.35. The summed E-state index contributed by atoms with van der Waals surface area (Å²) in [6.07, 6.45) is 0.333. The zero-order chi connectivity index (χ0) is 23.4. The fourth-order valence-corrected chi connectivity index (χ4v) is 3.65. The van der Waals surface area contributed by atoms with Crippen molar-refractivity contribution in [1.29, 1.82) is 5.26 Å². The van der Waals surface area contributed by atoms with Crippen molar-refractivity contribution in [2.75, 3.05) is 7.11 Å². The number of hydrogen-bond donors (Lipinski definition) is 0. The molecule has 0 radical (unpaired) electrons. The van der Waals surface area contributed by atoms with Crippen molar-refractivity contribution in [3.05, 3.63) is 86.2 Å². The predicted octanol–water partition coefficient (Wildman–Crippen LogP) is 7.07. The van der Waals surface area contributed by atoms with Crippen LogP contribution in [0, 0.1) is 18.3 Å². The first kappa shape index (κ1) is 23.7. The minimum absolute atomic E-state index is 0.213. The lowest BCUT2D eigenvalue weighted by Gasteiger charge is -2.14. The average molecular weight is 491 g/mol. The van der Waals surface area contributed by atoms with E-state index in [2.05, 4.69) is 16.8 Å². The van der Waals surface area contributed by atoms with E-state index in [-0.39, 0.29) is 10.9 Å². The van der Waals surface area contributed by atoms with Gasteiger partial charge in [0.15, 0.2) is 0 Å². The van der Waals surface area contributed by atoms with Crippen LogP contribution in [0.3, 0.4) is 0 Å². The number of allylic oxidation sites excluding steroid dienone is 3. The molecule has 9 heteroatoms. The molecule has 0 saturated carbocycles. The molecule has 32 heavy (non-hydrogen) atoms. The van der Waals surface area contributed by atoms with Gasteiger partial charge in [-0.05, 0) is 49.2 Å². The number of halogens is 3. The largest absolute Gasteiger partial charge is 0.501 e. The van der Waals surface area contributed by atoms with Crippen molar-refractivity contribution >= 4 is 40.4 Å². The smallest absolute Gasteiger partial charge is 0.252 e. The van der Waals surface area contributed by atoms with Crippen LogP contribution in [0.25, 0.3) is 5.57 Å². The number of aromatic nitrogens is 2. The summed E-state index contributed by atoms with van der Waals surface area (Å²) in [7, 11) is 1.52. The Morgan fingerprint density at radius 3 is 2.62 bits per heavy atom. The van der Waals surface area contributed by atoms with E-state index in [1.54, 1.807) is 31.2 Å². The first-order valence-corrected chi connectivity index (χ1v) is 10.5. The predicted molar refractivity (Wildman–Crippen MR) is 124 cm³/mol. The Kier molecular flexibility index (Phi) is 7.47. The van der Waals surface area contributed by atoms with Crippen LogP contribution in [0.2, 0.25) is 10.0 Å². The molecule has 0 N–H and O–H groups in total. The summed E-state index contributed by atoms with van der Waals surface area (Å²) < 4.78 is 17.0. The van der Waals surface area contributed by atoms with E-state index in [0.717, 1.165) is 11.1 Å². The minimum atomic E-state index is 0.213. The normalized spacial score (nSPS) is 11.5. The topological polar surface area (TPSA) is 81.2 Å².